The van der Waals surface area contributed by atoms with Crippen LogP contribution in [0.3, 0.4) is 0 Å². The normalized spacial score (nSPS) is 31.5. The Morgan fingerprint density at radius 1 is 1.14 bits per heavy atom. The fourth-order valence-corrected chi connectivity index (χ4v) is 3.44. The monoisotopic (exact) mass is 311 g/mol. The number of amides is 3. The molecule has 1 N–H and O–H groups in total. The van der Waals surface area contributed by atoms with E-state index in [-0.39, 0.29) is 36.1 Å². The van der Waals surface area contributed by atoms with Gasteiger partial charge < -0.3 is 24.6 Å². The molecular weight excluding hydrogens is 286 g/mol. The topological polar surface area (TPSA) is 71.1 Å². The van der Waals surface area contributed by atoms with Gasteiger partial charge >= 0.3 is 6.03 Å². The molecule has 3 aliphatic rings. The van der Waals surface area contributed by atoms with Crippen molar-refractivity contribution >= 4 is 11.9 Å². The van der Waals surface area contributed by atoms with Crippen molar-refractivity contribution in [3.05, 3.63) is 0 Å². The van der Waals surface area contributed by atoms with Gasteiger partial charge in [-0.15, -0.1) is 0 Å². The minimum Gasteiger partial charge on any atom is -0.378 e. The molecule has 3 atom stereocenters. The highest BCUT2D eigenvalue weighted by atomic mass is 16.5. The van der Waals surface area contributed by atoms with Gasteiger partial charge in [0.25, 0.3) is 0 Å². The summed E-state index contributed by atoms with van der Waals surface area (Å²) in [4.78, 5) is 28.5. The van der Waals surface area contributed by atoms with E-state index in [2.05, 4.69) is 5.32 Å². The Balaban J connectivity index is 1.61. The van der Waals surface area contributed by atoms with Crippen LogP contribution in [0.4, 0.5) is 4.79 Å². The van der Waals surface area contributed by atoms with Crippen LogP contribution in [0.1, 0.15) is 20.3 Å². The molecule has 0 radical (unpaired) electrons. The Labute approximate surface area is 130 Å². The third-order valence-electron chi connectivity index (χ3n) is 4.50. The first kappa shape index (κ1) is 15.6. The summed E-state index contributed by atoms with van der Waals surface area (Å²) < 4.78 is 11.2. The Morgan fingerprint density at radius 3 is 2.55 bits per heavy atom. The lowest BCUT2D eigenvalue weighted by atomic mass is 9.98. The first-order valence-corrected chi connectivity index (χ1v) is 8.12. The van der Waals surface area contributed by atoms with Crippen LogP contribution < -0.4 is 5.32 Å². The van der Waals surface area contributed by atoms with E-state index in [1.54, 1.807) is 4.90 Å². The summed E-state index contributed by atoms with van der Waals surface area (Å²) in [7, 11) is 0. The van der Waals surface area contributed by atoms with Gasteiger partial charge in [0.1, 0.15) is 0 Å². The molecule has 3 amide bonds. The maximum atomic E-state index is 12.7. The van der Waals surface area contributed by atoms with Crippen LogP contribution in [0.25, 0.3) is 0 Å². The number of hydrogen-bond donors (Lipinski definition) is 1. The van der Waals surface area contributed by atoms with Crippen molar-refractivity contribution < 1.29 is 19.1 Å². The van der Waals surface area contributed by atoms with E-state index in [1.165, 1.54) is 0 Å². The van der Waals surface area contributed by atoms with Crippen LogP contribution in [0.15, 0.2) is 0 Å². The van der Waals surface area contributed by atoms with Crippen LogP contribution in [-0.2, 0) is 14.3 Å². The predicted octanol–water partition coefficient (Wildman–Crippen LogP) is 0.0525. The van der Waals surface area contributed by atoms with Gasteiger partial charge in [-0.1, -0.05) is 0 Å². The predicted molar refractivity (Wildman–Crippen MR) is 79.4 cm³/mol. The molecule has 0 unspecified atom stereocenters. The van der Waals surface area contributed by atoms with Crippen molar-refractivity contribution in [1.82, 2.24) is 15.1 Å². The molecule has 124 valence electrons. The van der Waals surface area contributed by atoms with Gasteiger partial charge in [-0.2, -0.15) is 0 Å². The van der Waals surface area contributed by atoms with E-state index in [0.717, 1.165) is 0 Å². The van der Waals surface area contributed by atoms with Gasteiger partial charge in [0.05, 0.1) is 31.3 Å². The van der Waals surface area contributed by atoms with Gasteiger partial charge in [-0.05, 0) is 20.3 Å². The average molecular weight is 311 g/mol. The minimum absolute atomic E-state index is 0.0216. The molecule has 3 fully saturated rings. The van der Waals surface area contributed by atoms with Crippen molar-refractivity contribution in [2.75, 3.05) is 39.4 Å². The number of morpholine rings is 2. The van der Waals surface area contributed by atoms with Gasteiger partial charge in [0.2, 0.25) is 5.91 Å². The molecule has 3 rings (SSSR count). The SMILES string of the molecule is CC(C)NC(=O)N1C[C@H]2C[C@H](C(=O)N3CCOCC3)[C@@H](C1)O2. The average Bonchev–Trinajstić information content (AvgIpc) is 2.81. The number of urea groups is 1. The summed E-state index contributed by atoms with van der Waals surface area (Å²) in [5.74, 6) is 0.0295. The van der Waals surface area contributed by atoms with Crippen molar-refractivity contribution in [2.45, 2.75) is 38.5 Å². The lowest BCUT2D eigenvalue weighted by molar-refractivity contribution is -0.142. The first-order valence-electron chi connectivity index (χ1n) is 8.12. The number of nitrogens with one attached hydrogen (secondary N) is 1. The van der Waals surface area contributed by atoms with Gasteiger partial charge in [0.15, 0.2) is 0 Å². The highest BCUT2D eigenvalue weighted by Gasteiger charge is 2.47. The standard InChI is InChI=1S/C15H25N3O4/c1-10(2)16-15(20)18-8-11-7-12(13(9-18)22-11)14(19)17-3-5-21-6-4-17/h10-13H,3-9H2,1-2H3,(H,16,20)/t11-,12+,13-/m1/s1. The third kappa shape index (κ3) is 3.20. The van der Waals surface area contributed by atoms with Gasteiger partial charge in [0, 0.05) is 32.2 Å². The minimum atomic E-state index is -0.174. The number of nitrogens with zero attached hydrogens (tertiary/aromatic N) is 2. The number of ether oxygens (including phenoxy) is 2. The molecule has 3 saturated heterocycles. The molecule has 3 aliphatic heterocycles. The lowest BCUT2D eigenvalue weighted by Gasteiger charge is -2.34. The van der Waals surface area contributed by atoms with Crippen LogP contribution in [0.5, 0.6) is 0 Å². The summed E-state index contributed by atoms with van der Waals surface area (Å²) in [6.07, 6.45) is 0.519. The fraction of sp³-hybridized carbons (Fsp3) is 0.867. The van der Waals surface area contributed by atoms with Crippen LogP contribution in [0.2, 0.25) is 0 Å². The van der Waals surface area contributed by atoms with E-state index >= 15 is 0 Å². The van der Waals surface area contributed by atoms with E-state index in [4.69, 9.17) is 9.47 Å². The number of carbonyl (C=O) groups is 2. The summed E-state index contributed by atoms with van der Waals surface area (Å²) in [5.41, 5.74) is 0. The molecule has 0 aromatic carbocycles. The summed E-state index contributed by atoms with van der Waals surface area (Å²) in [6.45, 7) is 7.48. The largest absolute Gasteiger partial charge is 0.378 e. The third-order valence-corrected chi connectivity index (χ3v) is 4.50. The molecule has 0 spiro atoms. The van der Waals surface area contributed by atoms with E-state index < -0.39 is 0 Å². The molecule has 7 heteroatoms. The highest BCUT2D eigenvalue weighted by molar-refractivity contribution is 5.80. The molecule has 2 bridgehead atoms. The van der Waals surface area contributed by atoms with Crippen LogP contribution in [-0.4, -0.2) is 79.4 Å². The Morgan fingerprint density at radius 2 is 1.86 bits per heavy atom. The maximum absolute atomic E-state index is 12.7. The first-order chi connectivity index (χ1) is 10.5. The van der Waals surface area contributed by atoms with Gasteiger partial charge in [-0.3, -0.25) is 4.79 Å². The second-order valence-corrected chi connectivity index (χ2v) is 6.59. The second-order valence-electron chi connectivity index (χ2n) is 6.59. The summed E-state index contributed by atoms with van der Waals surface area (Å²) in [5, 5.41) is 2.91. The van der Waals surface area contributed by atoms with Crippen molar-refractivity contribution in [3.8, 4) is 0 Å². The zero-order valence-corrected chi connectivity index (χ0v) is 13.3. The molecule has 3 heterocycles. The second kappa shape index (κ2) is 6.42. The quantitative estimate of drug-likeness (QED) is 0.782. The van der Waals surface area contributed by atoms with Gasteiger partial charge in [-0.25, -0.2) is 4.79 Å². The van der Waals surface area contributed by atoms with Crippen LogP contribution >= 0.6 is 0 Å². The van der Waals surface area contributed by atoms with Crippen molar-refractivity contribution in [1.29, 1.82) is 0 Å². The Kier molecular flexibility index (Phi) is 4.54. The molecule has 22 heavy (non-hydrogen) atoms. The number of rotatable bonds is 2. The smallest absolute Gasteiger partial charge is 0.317 e. The zero-order chi connectivity index (χ0) is 15.7. The zero-order valence-electron chi connectivity index (χ0n) is 13.3. The molecule has 0 aliphatic carbocycles. The maximum Gasteiger partial charge on any atom is 0.317 e. The Hall–Kier alpha value is -1.34. The molecular formula is C15H25N3O4. The number of fused-ring (bicyclic) bond motifs is 2. The van der Waals surface area contributed by atoms with Crippen molar-refractivity contribution in [2.24, 2.45) is 5.92 Å². The molecule has 7 nitrogen and oxygen atoms in total. The fourth-order valence-electron chi connectivity index (χ4n) is 3.44. The Bertz CT molecular complexity index is 437. The molecule has 0 saturated carbocycles. The van der Waals surface area contributed by atoms with Crippen molar-refractivity contribution in [3.63, 3.8) is 0 Å². The molecule has 0 aromatic heterocycles. The number of carbonyl (C=O) groups excluding carboxylic acids is 2. The summed E-state index contributed by atoms with van der Waals surface area (Å²) >= 11 is 0. The summed E-state index contributed by atoms with van der Waals surface area (Å²) in [6, 6.07) is 0.0477. The number of likely N-dealkylation sites (tertiary alicyclic amines) is 1. The van der Waals surface area contributed by atoms with Crippen LogP contribution in [0, 0.1) is 5.92 Å². The molecule has 0 aromatic rings. The van der Waals surface area contributed by atoms with E-state index in [9.17, 15) is 9.59 Å². The van der Waals surface area contributed by atoms with E-state index in [0.29, 0.717) is 45.8 Å². The lowest BCUT2D eigenvalue weighted by Crippen LogP contribution is -2.52. The number of hydrogen-bond acceptors (Lipinski definition) is 4. The highest BCUT2D eigenvalue weighted by Crippen LogP contribution is 2.33. The van der Waals surface area contributed by atoms with E-state index in [1.807, 2.05) is 18.7 Å².